The third-order valence-electron chi connectivity index (χ3n) is 2.92. The molecule has 1 aromatic rings. The van der Waals surface area contributed by atoms with Crippen LogP contribution in [0.4, 0.5) is 5.13 Å². The summed E-state index contributed by atoms with van der Waals surface area (Å²) in [6, 6.07) is 0.353. The van der Waals surface area contributed by atoms with Gasteiger partial charge in [-0.1, -0.05) is 0 Å². The number of aromatic nitrogens is 1. The third kappa shape index (κ3) is 1.19. The van der Waals surface area contributed by atoms with Crippen molar-refractivity contribution < 1.29 is 4.79 Å². The van der Waals surface area contributed by atoms with Gasteiger partial charge in [0, 0.05) is 37.0 Å². The normalized spacial score (nSPS) is 30.6. The number of nitrogens with one attached hydrogen (secondary N) is 1. The summed E-state index contributed by atoms with van der Waals surface area (Å²) in [5, 5.41) is 6.07. The van der Waals surface area contributed by atoms with E-state index in [1.807, 2.05) is 11.6 Å². The van der Waals surface area contributed by atoms with Gasteiger partial charge < -0.3 is 10.2 Å². The number of fused-ring (bicyclic) bond motifs is 1. The summed E-state index contributed by atoms with van der Waals surface area (Å²) in [4.78, 5) is 17.6. The van der Waals surface area contributed by atoms with Gasteiger partial charge in [-0.15, -0.1) is 11.3 Å². The molecule has 2 aliphatic heterocycles. The zero-order valence-electron chi connectivity index (χ0n) is 7.64. The zero-order valence-corrected chi connectivity index (χ0v) is 8.46. The van der Waals surface area contributed by atoms with Gasteiger partial charge in [-0.05, 0) is 0 Å². The van der Waals surface area contributed by atoms with E-state index in [2.05, 4.69) is 15.2 Å². The molecule has 0 bridgehead atoms. The highest BCUT2D eigenvalue weighted by molar-refractivity contribution is 7.13. The first kappa shape index (κ1) is 8.23. The van der Waals surface area contributed by atoms with Crippen molar-refractivity contribution in [1.29, 1.82) is 0 Å². The number of thiazole rings is 1. The Kier molecular flexibility index (Phi) is 1.73. The fourth-order valence-corrected chi connectivity index (χ4v) is 2.94. The Labute approximate surface area is 85.9 Å². The van der Waals surface area contributed by atoms with Crippen LogP contribution in [0.3, 0.4) is 0 Å². The fourth-order valence-electron chi connectivity index (χ4n) is 2.27. The first-order chi connectivity index (χ1) is 6.83. The van der Waals surface area contributed by atoms with Crippen molar-refractivity contribution in [2.24, 2.45) is 5.92 Å². The molecular formula is C9H11N3OS. The van der Waals surface area contributed by atoms with E-state index in [-0.39, 0.29) is 5.91 Å². The molecule has 5 heteroatoms. The molecule has 4 nitrogen and oxygen atoms in total. The first-order valence-corrected chi connectivity index (χ1v) is 5.65. The van der Waals surface area contributed by atoms with E-state index in [0.29, 0.717) is 18.4 Å². The molecule has 2 saturated heterocycles. The molecule has 0 spiro atoms. The van der Waals surface area contributed by atoms with E-state index >= 15 is 0 Å². The van der Waals surface area contributed by atoms with Crippen molar-refractivity contribution in [3.63, 3.8) is 0 Å². The highest BCUT2D eigenvalue weighted by Crippen LogP contribution is 2.30. The molecule has 2 aliphatic rings. The first-order valence-electron chi connectivity index (χ1n) is 4.77. The minimum atomic E-state index is 0.207. The summed E-state index contributed by atoms with van der Waals surface area (Å²) >= 11 is 1.66. The van der Waals surface area contributed by atoms with Crippen LogP contribution in [0, 0.1) is 5.92 Å². The number of hydrogen-bond donors (Lipinski definition) is 1. The number of amides is 1. The molecule has 74 valence electrons. The minimum Gasteiger partial charge on any atom is -0.351 e. The average molecular weight is 209 g/mol. The van der Waals surface area contributed by atoms with Gasteiger partial charge in [-0.3, -0.25) is 4.79 Å². The van der Waals surface area contributed by atoms with Gasteiger partial charge in [-0.25, -0.2) is 4.98 Å². The van der Waals surface area contributed by atoms with Gasteiger partial charge in [0.15, 0.2) is 5.13 Å². The maximum absolute atomic E-state index is 11.1. The molecule has 0 aliphatic carbocycles. The number of carbonyl (C=O) groups is 1. The Morgan fingerprint density at radius 1 is 1.57 bits per heavy atom. The molecule has 2 atom stereocenters. The lowest BCUT2D eigenvalue weighted by Crippen LogP contribution is -2.32. The second kappa shape index (κ2) is 2.95. The van der Waals surface area contributed by atoms with E-state index in [4.69, 9.17) is 0 Å². The van der Waals surface area contributed by atoms with Gasteiger partial charge >= 0.3 is 0 Å². The Hall–Kier alpha value is -1.10. The van der Waals surface area contributed by atoms with Gasteiger partial charge in [-0.2, -0.15) is 0 Å². The van der Waals surface area contributed by atoms with E-state index in [0.717, 1.165) is 18.2 Å². The highest BCUT2D eigenvalue weighted by Gasteiger charge is 2.40. The maximum atomic E-state index is 11.1. The van der Waals surface area contributed by atoms with Crippen molar-refractivity contribution in [1.82, 2.24) is 10.3 Å². The maximum Gasteiger partial charge on any atom is 0.220 e. The molecule has 0 radical (unpaired) electrons. The SMILES string of the molecule is O=C1C[C@H]2CN(c3nccs3)C[C@H]2N1. The predicted molar refractivity (Wildman–Crippen MR) is 54.4 cm³/mol. The number of nitrogens with zero attached hydrogens (tertiary/aromatic N) is 2. The van der Waals surface area contributed by atoms with Crippen LogP contribution in [0.1, 0.15) is 6.42 Å². The van der Waals surface area contributed by atoms with Gasteiger partial charge in [0.05, 0.1) is 6.04 Å². The zero-order chi connectivity index (χ0) is 9.54. The summed E-state index contributed by atoms with van der Waals surface area (Å²) in [7, 11) is 0. The van der Waals surface area contributed by atoms with Gasteiger partial charge in [0.25, 0.3) is 0 Å². The second-order valence-corrected chi connectivity index (χ2v) is 4.73. The van der Waals surface area contributed by atoms with Crippen molar-refractivity contribution in [2.75, 3.05) is 18.0 Å². The molecule has 0 unspecified atom stereocenters. The van der Waals surface area contributed by atoms with Crippen molar-refractivity contribution in [3.05, 3.63) is 11.6 Å². The average Bonchev–Trinajstić information content (AvgIpc) is 2.74. The van der Waals surface area contributed by atoms with Crippen LogP contribution in [-0.2, 0) is 4.79 Å². The highest BCUT2D eigenvalue weighted by atomic mass is 32.1. The Bertz CT molecular complexity index is 335. The lowest BCUT2D eigenvalue weighted by atomic mass is 10.1. The smallest absolute Gasteiger partial charge is 0.220 e. The monoisotopic (exact) mass is 209 g/mol. The summed E-state index contributed by atoms with van der Waals surface area (Å²) in [5.74, 6) is 0.699. The fraction of sp³-hybridized carbons (Fsp3) is 0.556. The van der Waals surface area contributed by atoms with Crippen molar-refractivity contribution >= 4 is 22.4 Å². The molecule has 3 rings (SSSR count). The molecule has 1 N–H and O–H groups in total. The number of carbonyl (C=O) groups excluding carboxylic acids is 1. The molecule has 0 aromatic carbocycles. The summed E-state index contributed by atoms with van der Waals surface area (Å²) in [5.41, 5.74) is 0. The lowest BCUT2D eigenvalue weighted by molar-refractivity contribution is -0.119. The summed E-state index contributed by atoms with van der Waals surface area (Å²) < 4.78 is 0. The predicted octanol–water partition coefficient (Wildman–Crippen LogP) is 0.468. The molecule has 3 heterocycles. The number of hydrogen-bond acceptors (Lipinski definition) is 4. The third-order valence-corrected chi connectivity index (χ3v) is 3.76. The molecule has 0 saturated carbocycles. The number of anilines is 1. The Morgan fingerprint density at radius 2 is 2.50 bits per heavy atom. The summed E-state index contributed by atoms with van der Waals surface area (Å²) in [6.45, 7) is 1.89. The molecule has 1 aromatic heterocycles. The molecule has 14 heavy (non-hydrogen) atoms. The van der Waals surface area contributed by atoms with Crippen LogP contribution in [0.5, 0.6) is 0 Å². The van der Waals surface area contributed by atoms with Gasteiger partial charge in [0.1, 0.15) is 0 Å². The van der Waals surface area contributed by atoms with Crippen LogP contribution in [0.15, 0.2) is 11.6 Å². The molecule has 2 fully saturated rings. The lowest BCUT2D eigenvalue weighted by Gasteiger charge is -2.15. The standard InChI is InChI=1S/C9H11N3OS/c13-8-3-6-4-12(5-7(6)11-8)9-10-1-2-14-9/h1-2,6-7H,3-5H2,(H,11,13)/t6-,7+/m0/s1. The quantitative estimate of drug-likeness (QED) is 0.731. The van der Waals surface area contributed by atoms with Crippen LogP contribution in [-0.4, -0.2) is 30.0 Å². The topological polar surface area (TPSA) is 45.2 Å². The van der Waals surface area contributed by atoms with E-state index in [1.165, 1.54) is 0 Å². The Balaban J connectivity index is 1.75. The second-order valence-electron chi connectivity index (χ2n) is 3.86. The number of rotatable bonds is 1. The van der Waals surface area contributed by atoms with E-state index in [9.17, 15) is 4.79 Å². The van der Waals surface area contributed by atoms with Crippen molar-refractivity contribution in [3.8, 4) is 0 Å². The van der Waals surface area contributed by atoms with Crippen molar-refractivity contribution in [2.45, 2.75) is 12.5 Å². The summed E-state index contributed by atoms with van der Waals surface area (Å²) in [6.07, 6.45) is 2.51. The molecule has 1 amide bonds. The van der Waals surface area contributed by atoms with Gasteiger partial charge in [0.2, 0.25) is 5.91 Å². The largest absolute Gasteiger partial charge is 0.351 e. The molecular weight excluding hydrogens is 198 g/mol. The minimum absolute atomic E-state index is 0.207. The van der Waals surface area contributed by atoms with Crippen LogP contribution in [0.25, 0.3) is 0 Å². The van der Waals surface area contributed by atoms with E-state index < -0.39 is 0 Å². The van der Waals surface area contributed by atoms with Crippen LogP contribution >= 0.6 is 11.3 Å². The Morgan fingerprint density at radius 3 is 3.21 bits per heavy atom. The van der Waals surface area contributed by atoms with Crippen LogP contribution in [0.2, 0.25) is 0 Å². The van der Waals surface area contributed by atoms with Crippen LogP contribution < -0.4 is 10.2 Å². The van der Waals surface area contributed by atoms with E-state index in [1.54, 1.807) is 11.3 Å².